The lowest BCUT2D eigenvalue weighted by atomic mass is 9.83. The lowest BCUT2D eigenvalue weighted by molar-refractivity contribution is 0.0328. The molecule has 2 rings (SSSR count). The molecule has 98 valence electrons. The van der Waals surface area contributed by atoms with E-state index in [2.05, 4.69) is 22.0 Å². The van der Waals surface area contributed by atoms with Gasteiger partial charge in [0.1, 0.15) is 0 Å². The topological polar surface area (TPSA) is 65.1 Å². The predicted molar refractivity (Wildman–Crippen MR) is 68.2 cm³/mol. The van der Waals surface area contributed by atoms with E-state index < -0.39 is 0 Å². The van der Waals surface area contributed by atoms with Gasteiger partial charge in [-0.2, -0.15) is 0 Å². The zero-order chi connectivity index (χ0) is 12.4. The van der Waals surface area contributed by atoms with E-state index in [1.165, 1.54) is 25.8 Å². The van der Waals surface area contributed by atoms with E-state index in [-0.39, 0.29) is 6.04 Å². The molecule has 2 heterocycles. The Bertz CT molecular complexity index is 294. The van der Waals surface area contributed by atoms with Gasteiger partial charge in [0, 0.05) is 19.1 Å². The lowest BCUT2D eigenvalue weighted by Gasteiger charge is -2.47. The summed E-state index contributed by atoms with van der Waals surface area (Å²) >= 11 is 0. The molecule has 5 nitrogen and oxygen atoms in total. The number of rotatable bonds is 2. The summed E-state index contributed by atoms with van der Waals surface area (Å²) in [6.45, 7) is 5.37. The molecule has 17 heavy (non-hydrogen) atoms. The number of hydrogen-bond acceptors (Lipinski definition) is 4. The first-order chi connectivity index (χ1) is 8.13. The molecule has 2 saturated heterocycles. The molecule has 0 aliphatic carbocycles. The maximum atomic E-state index is 8.74. The number of piperidine rings is 2. The first kappa shape index (κ1) is 12.6. The van der Waals surface area contributed by atoms with Crippen molar-refractivity contribution >= 4 is 5.84 Å². The summed E-state index contributed by atoms with van der Waals surface area (Å²) in [4.78, 5) is 4.84. The molecule has 0 spiro atoms. The zero-order valence-electron chi connectivity index (χ0n) is 10.8. The smallest absolute Gasteiger partial charge is 0.156 e. The number of nitrogens with two attached hydrogens (primary N) is 1. The summed E-state index contributed by atoms with van der Waals surface area (Å²) in [5.41, 5.74) is 5.69. The molecule has 0 aromatic carbocycles. The van der Waals surface area contributed by atoms with E-state index in [0.29, 0.717) is 5.84 Å². The first-order valence-corrected chi connectivity index (χ1v) is 6.55. The first-order valence-electron chi connectivity index (χ1n) is 6.55. The second-order valence-electron chi connectivity index (χ2n) is 5.43. The molecule has 3 N–H and O–H groups in total. The van der Waals surface area contributed by atoms with Crippen LogP contribution in [-0.4, -0.2) is 59.6 Å². The van der Waals surface area contributed by atoms with Crippen LogP contribution in [0.15, 0.2) is 5.16 Å². The standard InChI is InChI=1S/C12H24N4O/c1-9(12(13)14-17)16-7-5-11-10(8-16)4-3-6-15(11)2/h9-11,17H,3-8H2,1-2H3,(H2,13,14). The van der Waals surface area contributed by atoms with Crippen molar-refractivity contribution in [3.8, 4) is 0 Å². The van der Waals surface area contributed by atoms with Gasteiger partial charge in [-0.25, -0.2) is 0 Å². The van der Waals surface area contributed by atoms with E-state index in [0.717, 1.165) is 25.0 Å². The van der Waals surface area contributed by atoms with Crippen LogP contribution in [0, 0.1) is 5.92 Å². The summed E-state index contributed by atoms with van der Waals surface area (Å²) in [6.07, 6.45) is 3.81. The van der Waals surface area contributed by atoms with Crippen LogP contribution in [0.3, 0.4) is 0 Å². The highest BCUT2D eigenvalue weighted by atomic mass is 16.4. The second kappa shape index (κ2) is 5.23. The molecule has 3 atom stereocenters. The number of nitrogens with zero attached hydrogens (tertiary/aromatic N) is 3. The average molecular weight is 240 g/mol. The van der Waals surface area contributed by atoms with Crippen molar-refractivity contribution in [2.75, 3.05) is 26.7 Å². The van der Waals surface area contributed by atoms with Crippen molar-refractivity contribution in [1.29, 1.82) is 0 Å². The van der Waals surface area contributed by atoms with Crippen molar-refractivity contribution in [3.05, 3.63) is 0 Å². The minimum Gasteiger partial charge on any atom is -0.409 e. The van der Waals surface area contributed by atoms with Gasteiger partial charge in [0.05, 0.1) is 6.04 Å². The molecule has 0 radical (unpaired) electrons. The van der Waals surface area contributed by atoms with Crippen LogP contribution in [0.5, 0.6) is 0 Å². The van der Waals surface area contributed by atoms with Crippen molar-refractivity contribution in [3.63, 3.8) is 0 Å². The molecule has 0 aromatic heterocycles. The fraction of sp³-hybridized carbons (Fsp3) is 0.917. The zero-order valence-corrected chi connectivity index (χ0v) is 10.8. The number of hydrogen-bond donors (Lipinski definition) is 2. The second-order valence-corrected chi connectivity index (χ2v) is 5.43. The normalized spacial score (nSPS) is 34.4. The third kappa shape index (κ3) is 2.55. The highest BCUT2D eigenvalue weighted by Crippen LogP contribution is 2.30. The molecule has 2 aliphatic heterocycles. The van der Waals surface area contributed by atoms with Crippen LogP contribution < -0.4 is 5.73 Å². The van der Waals surface area contributed by atoms with Gasteiger partial charge in [-0.05, 0) is 45.7 Å². The van der Waals surface area contributed by atoms with Gasteiger partial charge in [-0.15, -0.1) is 0 Å². The van der Waals surface area contributed by atoms with Crippen molar-refractivity contribution in [2.45, 2.75) is 38.3 Å². The van der Waals surface area contributed by atoms with Gasteiger partial charge in [0.25, 0.3) is 0 Å². The molecular formula is C12H24N4O. The Labute approximate surface area is 103 Å². The third-order valence-electron chi connectivity index (χ3n) is 4.47. The van der Waals surface area contributed by atoms with Gasteiger partial charge in [-0.1, -0.05) is 5.16 Å². The molecule has 0 saturated carbocycles. The Balaban J connectivity index is 1.98. The third-order valence-corrected chi connectivity index (χ3v) is 4.47. The highest BCUT2D eigenvalue weighted by Gasteiger charge is 2.36. The van der Waals surface area contributed by atoms with Gasteiger partial charge in [-0.3, -0.25) is 4.90 Å². The molecule has 2 fully saturated rings. The van der Waals surface area contributed by atoms with Crippen LogP contribution in [0.2, 0.25) is 0 Å². The monoisotopic (exact) mass is 240 g/mol. The van der Waals surface area contributed by atoms with Crippen LogP contribution >= 0.6 is 0 Å². The summed E-state index contributed by atoms with van der Waals surface area (Å²) in [5.74, 6) is 1.07. The van der Waals surface area contributed by atoms with Crippen LogP contribution in [0.1, 0.15) is 26.2 Å². The summed E-state index contributed by atoms with van der Waals surface area (Å²) < 4.78 is 0. The molecular weight excluding hydrogens is 216 g/mol. The molecule has 0 bridgehead atoms. The van der Waals surface area contributed by atoms with Gasteiger partial charge in [0.2, 0.25) is 0 Å². The van der Waals surface area contributed by atoms with Crippen molar-refractivity contribution in [2.24, 2.45) is 16.8 Å². The highest BCUT2D eigenvalue weighted by molar-refractivity contribution is 5.84. The fourth-order valence-electron chi connectivity index (χ4n) is 3.30. The summed E-state index contributed by atoms with van der Waals surface area (Å²) in [6, 6.07) is 0.785. The Kier molecular flexibility index (Phi) is 3.89. The SMILES string of the molecule is CC(C(N)=NO)N1CCC2C(CCCN2C)C1. The quantitative estimate of drug-likeness (QED) is 0.320. The maximum absolute atomic E-state index is 8.74. The Morgan fingerprint density at radius 3 is 2.88 bits per heavy atom. The molecule has 2 aliphatic rings. The van der Waals surface area contributed by atoms with Crippen molar-refractivity contribution in [1.82, 2.24) is 9.80 Å². The van der Waals surface area contributed by atoms with E-state index >= 15 is 0 Å². The van der Waals surface area contributed by atoms with Gasteiger partial charge in [0.15, 0.2) is 5.84 Å². The Morgan fingerprint density at radius 1 is 1.41 bits per heavy atom. The average Bonchev–Trinajstić information content (AvgIpc) is 2.37. The number of likely N-dealkylation sites (tertiary alicyclic amines) is 2. The molecule has 0 amide bonds. The molecule has 0 aromatic rings. The lowest BCUT2D eigenvalue weighted by Crippen LogP contribution is -2.56. The number of oxime groups is 1. The van der Waals surface area contributed by atoms with E-state index in [4.69, 9.17) is 10.9 Å². The van der Waals surface area contributed by atoms with Gasteiger partial charge < -0.3 is 15.8 Å². The maximum Gasteiger partial charge on any atom is 0.156 e. The number of amidine groups is 1. The minimum atomic E-state index is 0.0492. The van der Waals surface area contributed by atoms with Crippen LogP contribution in [-0.2, 0) is 0 Å². The Hall–Kier alpha value is -0.810. The Morgan fingerprint density at radius 2 is 2.18 bits per heavy atom. The van der Waals surface area contributed by atoms with E-state index in [1.807, 2.05) is 6.92 Å². The van der Waals surface area contributed by atoms with Gasteiger partial charge >= 0.3 is 0 Å². The van der Waals surface area contributed by atoms with Crippen LogP contribution in [0.4, 0.5) is 0 Å². The fourth-order valence-corrected chi connectivity index (χ4v) is 3.30. The van der Waals surface area contributed by atoms with Crippen molar-refractivity contribution < 1.29 is 5.21 Å². The summed E-state index contributed by atoms with van der Waals surface area (Å²) in [7, 11) is 2.24. The van der Waals surface area contributed by atoms with E-state index in [9.17, 15) is 0 Å². The molecule has 5 heteroatoms. The minimum absolute atomic E-state index is 0.0492. The molecule has 3 unspecified atom stereocenters. The van der Waals surface area contributed by atoms with Crippen LogP contribution in [0.25, 0.3) is 0 Å². The number of fused-ring (bicyclic) bond motifs is 1. The predicted octanol–water partition coefficient (Wildman–Crippen LogP) is 0.537. The summed E-state index contributed by atoms with van der Waals surface area (Å²) in [5, 5.41) is 11.9. The van der Waals surface area contributed by atoms with E-state index in [1.54, 1.807) is 0 Å². The largest absolute Gasteiger partial charge is 0.409 e.